The summed E-state index contributed by atoms with van der Waals surface area (Å²) in [6.45, 7) is 4.74. The lowest BCUT2D eigenvalue weighted by atomic mass is 10.2. The van der Waals surface area contributed by atoms with Crippen LogP contribution in [0.4, 0.5) is 0 Å². The zero-order valence-corrected chi connectivity index (χ0v) is 15.0. The van der Waals surface area contributed by atoms with Crippen molar-refractivity contribution >= 4 is 17.8 Å². The Morgan fingerprint density at radius 1 is 1.12 bits per heavy atom. The molecular weight excluding hydrogens is 334 g/mol. The highest BCUT2D eigenvalue weighted by Gasteiger charge is 2.09. The maximum Gasteiger partial charge on any atom is 0.331 e. The number of aromatic nitrogens is 1. The summed E-state index contributed by atoms with van der Waals surface area (Å²) in [6.07, 6.45) is 5.42. The normalized spacial score (nSPS) is 10.7. The van der Waals surface area contributed by atoms with Crippen molar-refractivity contribution in [1.29, 1.82) is 0 Å². The zero-order valence-electron chi connectivity index (χ0n) is 15.0. The smallest absolute Gasteiger partial charge is 0.331 e. The molecule has 0 spiro atoms. The number of carbonyl (C=O) groups is 2. The Bertz CT molecular complexity index is 750. The molecule has 0 fully saturated rings. The Morgan fingerprint density at radius 2 is 1.96 bits per heavy atom. The number of rotatable bonds is 10. The van der Waals surface area contributed by atoms with Crippen LogP contribution in [0.5, 0.6) is 11.5 Å². The van der Waals surface area contributed by atoms with Crippen LogP contribution in [-0.4, -0.2) is 36.6 Å². The van der Waals surface area contributed by atoms with E-state index in [-0.39, 0.29) is 12.4 Å². The molecule has 2 rings (SSSR count). The molecule has 6 nitrogen and oxygen atoms in total. The largest absolute Gasteiger partial charge is 0.490 e. The highest BCUT2D eigenvalue weighted by molar-refractivity contribution is 5.97. The van der Waals surface area contributed by atoms with Crippen molar-refractivity contribution in [2.45, 2.75) is 20.3 Å². The average molecular weight is 357 g/mol. The number of nitrogens with one attached hydrogen (secondary N) is 1. The molecule has 0 amide bonds. The van der Waals surface area contributed by atoms with Crippen LogP contribution in [0.25, 0.3) is 6.08 Å². The Hall–Kier alpha value is -3.02. The van der Waals surface area contributed by atoms with E-state index in [2.05, 4.69) is 4.98 Å². The second-order valence-corrected chi connectivity index (χ2v) is 5.44. The lowest BCUT2D eigenvalue weighted by Gasteiger charge is -2.12. The van der Waals surface area contributed by atoms with Crippen LogP contribution < -0.4 is 9.47 Å². The number of aromatic amines is 1. The maximum absolute atomic E-state index is 11.8. The van der Waals surface area contributed by atoms with Gasteiger partial charge in [-0.3, -0.25) is 4.79 Å². The topological polar surface area (TPSA) is 77.6 Å². The monoisotopic (exact) mass is 357 g/mol. The van der Waals surface area contributed by atoms with E-state index in [1.54, 1.807) is 36.5 Å². The summed E-state index contributed by atoms with van der Waals surface area (Å²) < 4.78 is 16.2. The van der Waals surface area contributed by atoms with Crippen LogP contribution in [0.1, 0.15) is 36.3 Å². The second kappa shape index (κ2) is 10.1. The van der Waals surface area contributed by atoms with Gasteiger partial charge in [0.1, 0.15) is 0 Å². The van der Waals surface area contributed by atoms with Gasteiger partial charge in [0.2, 0.25) is 5.78 Å². The highest BCUT2D eigenvalue weighted by atomic mass is 16.5. The van der Waals surface area contributed by atoms with Gasteiger partial charge in [-0.1, -0.05) is 13.0 Å². The number of hydrogen-bond acceptors (Lipinski definition) is 5. The average Bonchev–Trinajstić information content (AvgIpc) is 3.18. The van der Waals surface area contributed by atoms with Gasteiger partial charge in [-0.15, -0.1) is 0 Å². The SMILES string of the molecule is CCCOc1ccc(C=CC(=O)OCC(=O)c2ccc[nH]2)cc1OCC. The number of benzene rings is 1. The molecule has 1 aromatic heterocycles. The van der Waals surface area contributed by atoms with Crippen molar-refractivity contribution in [2.75, 3.05) is 19.8 Å². The van der Waals surface area contributed by atoms with Crippen LogP contribution in [0.15, 0.2) is 42.6 Å². The number of carbonyl (C=O) groups excluding carboxylic acids is 2. The minimum atomic E-state index is -0.589. The zero-order chi connectivity index (χ0) is 18.8. The summed E-state index contributed by atoms with van der Waals surface area (Å²) in [6, 6.07) is 8.76. The van der Waals surface area contributed by atoms with Crippen molar-refractivity contribution in [3.63, 3.8) is 0 Å². The van der Waals surface area contributed by atoms with Crippen molar-refractivity contribution in [2.24, 2.45) is 0 Å². The van der Waals surface area contributed by atoms with Crippen LogP contribution >= 0.6 is 0 Å². The highest BCUT2D eigenvalue weighted by Crippen LogP contribution is 2.29. The molecule has 138 valence electrons. The fourth-order valence-corrected chi connectivity index (χ4v) is 2.16. The van der Waals surface area contributed by atoms with Gasteiger partial charge >= 0.3 is 5.97 Å². The Kier molecular flexibility index (Phi) is 7.49. The first-order valence-electron chi connectivity index (χ1n) is 8.55. The molecule has 0 aliphatic carbocycles. The molecule has 0 bridgehead atoms. The molecule has 0 aliphatic rings. The summed E-state index contributed by atoms with van der Waals surface area (Å²) in [4.78, 5) is 26.3. The molecular formula is C20H23NO5. The minimum Gasteiger partial charge on any atom is -0.490 e. The van der Waals surface area contributed by atoms with Gasteiger partial charge in [-0.25, -0.2) is 4.79 Å². The summed E-state index contributed by atoms with van der Waals surface area (Å²) in [5.74, 6) is 0.422. The number of H-pyrrole nitrogens is 1. The van der Waals surface area contributed by atoms with Gasteiger partial charge in [-0.2, -0.15) is 0 Å². The molecule has 0 unspecified atom stereocenters. The molecule has 0 saturated heterocycles. The predicted octanol–water partition coefficient (Wildman–Crippen LogP) is 3.64. The first kappa shape index (κ1) is 19.3. The molecule has 6 heteroatoms. The molecule has 26 heavy (non-hydrogen) atoms. The van der Waals surface area contributed by atoms with E-state index in [1.807, 2.05) is 19.9 Å². The fraction of sp³-hybridized carbons (Fsp3) is 0.300. The van der Waals surface area contributed by atoms with E-state index in [0.717, 1.165) is 12.0 Å². The molecule has 0 aliphatic heterocycles. The lowest BCUT2D eigenvalue weighted by Crippen LogP contribution is -2.12. The molecule has 1 aromatic carbocycles. The summed E-state index contributed by atoms with van der Waals surface area (Å²) >= 11 is 0. The number of ether oxygens (including phenoxy) is 3. The Balaban J connectivity index is 1.94. The minimum absolute atomic E-state index is 0.284. The standard InChI is InChI=1S/C20H23NO5/c1-3-12-25-18-9-7-15(13-19(18)24-4-2)8-10-20(23)26-14-17(22)16-6-5-11-21-16/h5-11,13,21H,3-4,12,14H2,1-2H3. The van der Waals surface area contributed by atoms with Crippen LogP contribution in [0, 0.1) is 0 Å². The quantitative estimate of drug-likeness (QED) is 0.399. The molecule has 0 atom stereocenters. The van der Waals surface area contributed by atoms with Crippen molar-refractivity contribution in [3.8, 4) is 11.5 Å². The van der Waals surface area contributed by atoms with Gasteiger partial charge < -0.3 is 19.2 Å². The van der Waals surface area contributed by atoms with E-state index in [1.165, 1.54) is 6.08 Å². The van der Waals surface area contributed by atoms with Crippen molar-refractivity contribution in [1.82, 2.24) is 4.98 Å². The lowest BCUT2D eigenvalue weighted by molar-refractivity contribution is -0.136. The number of esters is 1. The first-order valence-corrected chi connectivity index (χ1v) is 8.55. The van der Waals surface area contributed by atoms with Gasteiger partial charge in [0.25, 0.3) is 0 Å². The number of Topliss-reactive ketones (excluding diaryl/α,β-unsaturated/α-hetero) is 1. The van der Waals surface area contributed by atoms with E-state index in [9.17, 15) is 9.59 Å². The molecule has 0 radical (unpaired) electrons. The van der Waals surface area contributed by atoms with E-state index in [0.29, 0.717) is 30.4 Å². The van der Waals surface area contributed by atoms with E-state index < -0.39 is 5.97 Å². The van der Waals surface area contributed by atoms with Gasteiger partial charge in [0, 0.05) is 12.3 Å². The molecule has 1 N–H and O–H groups in total. The van der Waals surface area contributed by atoms with Gasteiger partial charge in [0.15, 0.2) is 18.1 Å². The molecule has 0 saturated carbocycles. The fourth-order valence-electron chi connectivity index (χ4n) is 2.16. The van der Waals surface area contributed by atoms with Crippen LogP contribution in [0.2, 0.25) is 0 Å². The Labute approximate surface area is 152 Å². The predicted molar refractivity (Wildman–Crippen MR) is 98.5 cm³/mol. The van der Waals surface area contributed by atoms with Crippen LogP contribution in [-0.2, 0) is 9.53 Å². The van der Waals surface area contributed by atoms with E-state index >= 15 is 0 Å². The first-order chi connectivity index (χ1) is 12.6. The molecule has 2 aromatic rings. The third-order valence-electron chi connectivity index (χ3n) is 3.39. The van der Waals surface area contributed by atoms with Crippen LogP contribution in [0.3, 0.4) is 0 Å². The second-order valence-electron chi connectivity index (χ2n) is 5.44. The molecule has 1 heterocycles. The third kappa shape index (κ3) is 5.81. The van der Waals surface area contributed by atoms with Crippen molar-refractivity contribution < 1.29 is 23.8 Å². The summed E-state index contributed by atoms with van der Waals surface area (Å²) in [5, 5.41) is 0. The summed E-state index contributed by atoms with van der Waals surface area (Å²) in [5.41, 5.74) is 1.18. The number of hydrogen-bond donors (Lipinski definition) is 1. The van der Waals surface area contributed by atoms with Gasteiger partial charge in [-0.05, 0) is 49.2 Å². The maximum atomic E-state index is 11.8. The van der Waals surface area contributed by atoms with Crippen molar-refractivity contribution in [3.05, 3.63) is 53.9 Å². The van der Waals surface area contributed by atoms with Gasteiger partial charge in [0.05, 0.1) is 18.9 Å². The number of ketones is 1. The summed E-state index contributed by atoms with van der Waals surface area (Å²) in [7, 11) is 0. The third-order valence-corrected chi connectivity index (χ3v) is 3.39. The Morgan fingerprint density at radius 3 is 2.65 bits per heavy atom. The van der Waals surface area contributed by atoms with E-state index in [4.69, 9.17) is 14.2 Å².